The number of pyridine rings is 1. The summed E-state index contributed by atoms with van der Waals surface area (Å²) in [6.45, 7) is 10.3. The van der Waals surface area contributed by atoms with E-state index in [0.29, 0.717) is 17.9 Å². The van der Waals surface area contributed by atoms with Crippen molar-refractivity contribution in [1.82, 2.24) is 20.5 Å². The lowest BCUT2D eigenvalue weighted by molar-refractivity contribution is 0.0370. The third kappa shape index (κ3) is 11.8. The van der Waals surface area contributed by atoms with Crippen molar-refractivity contribution in [2.45, 2.75) is 58.1 Å². The molecule has 0 spiro atoms. The molecule has 45 heavy (non-hydrogen) atoms. The summed E-state index contributed by atoms with van der Waals surface area (Å²) in [5.74, 6) is -0.416. The maximum atomic E-state index is 13.0. The van der Waals surface area contributed by atoms with Gasteiger partial charge in [0.25, 0.3) is 5.91 Å². The molecule has 4 rings (SSSR count). The number of ether oxygens (including phenoxy) is 2. The van der Waals surface area contributed by atoms with Gasteiger partial charge < -0.3 is 25.4 Å². The fourth-order valence-corrected chi connectivity index (χ4v) is 5.55. The highest BCUT2D eigenvalue weighted by Crippen LogP contribution is 2.28. The Morgan fingerprint density at radius 3 is 2.42 bits per heavy atom. The molecule has 3 aromatic rings. The Kier molecular flexibility index (Phi) is 12.7. The monoisotopic (exact) mass is 636 g/mol. The van der Waals surface area contributed by atoms with Crippen molar-refractivity contribution in [1.29, 1.82) is 0 Å². The van der Waals surface area contributed by atoms with Gasteiger partial charge in [0.2, 0.25) is 0 Å². The van der Waals surface area contributed by atoms with Gasteiger partial charge in [-0.05, 0) is 70.2 Å². The largest absolute Gasteiger partial charge is 0.444 e. The topological polar surface area (TPSA) is 134 Å². The molecule has 1 fully saturated rings. The minimum Gasteiger partial charge on any atom is -0.444 e. The molecular formula is C33H44N6O5S. The molecule has 1 aromatic carbocycles. The molecule has 1 aliphatic rings. The number of unbranched alkanes of at least 4 members (excludes halogenated alkanes) is 1. The van der Waals surface area contributed by atoms with E-state index in [9.17, 15) is 14.4 Å². The van der Waals surface area contributed by atoms with Crippen LogP contribution in [0.1, 0.15) is 67.7 Å². The lowest BCUT2D eigenvalue weighted by Gasteiger charge is -2.26. The first-order chi connectivity index (χ1) is 21.7. The molecule has 2 aromatic heterocycles. The fourth-order valence-electron chi connectivity index (χ4n) is 4.84. The lowest BCUT2D eigenvalue weighted by Crippen LogP contribution is -2.39. The summed E-state index contributed by atoms with van der Waals surface area (Å²) in [6.07, 6.45) is 4.43. The number of morpholine rings is 1. The zero-order valence-electron chi connectivity index (χ0n) is 26.3. The first kappa shape index (κ1) is 33.9. The van der Waals surface area contributed by atoms with Crippen LogP contribution in [0.3, 0.4) is 0 Å². The van der Waals surface area contributed by atoms with Crippen LogP contribution >= 0.6 is 11.3 Å². The molecule has 4 amide bonds. The molecule has 0 saturated carbocycles. The summed E-state index contributed by atoms with van der Waals surface area (Å²) in [5, 5.41) is 15.0. The van der Waals surface area contributed by atoms with Crippen LogP contribution in [0, 0.1) is 0 Å². The number of hydrogen-bond acceptors (Lipinski definition) is 8. The van der Waals surface area contributed by atoms with Crippen LogP contribution in [0.2, 0.25) is 0 Å². The summed E-state index contributed by atoms with van der Waals surface area (Å²) < 4.78 is 10.8. The molecule has 1 atom stereocenters. The van der Waals surface area contributed by atoms with Gasteiger partial charge in [0.05, 0.1) is 30.6 Å². The molecule has 0 bridgehead atoms. The minimum absolute atomic E-state index is 0.214. The molecule has 1 saturated heterocycles. The summed E-state index contributed by atoms with van der Waals surface area (Å²) in [7, 11) is 0. The number of urea groups is 1. The summed E-state index contributed by atoms with van der Waals surface area (Å²) in [6, 6.07) is 13.0. The molecule has 3 heterocycles. The van der Waals surface area contributed by atoms with Crippen molar-refractivity contribution in [2.24, 2.45) is 0 Å². The van der Waals surface area contributed by atoms with Gasteiger partial charge in [0.1, 0.15) is 11.3 Å². The van der Waals surface area contributed by atoms with Crippen molar-refractivity contribution >= 4 is 40.7 Å². The van der Waals surface area contributed by atoms with Crippen LogP contribution in [0.25, 0.3) is 0 Å². The van der Waals surface area contributed by atoms with E-state index in [2.05, 4.69) is 31.2 Å². The number of hydrogen-bond donors (Lipinski definition) is 4. The van der Waals surface area contributed by atoms with E-state index < -0.39 is 17.6 Å². The highest BCUT2D eigenvalue weighted by molar-refractivity contribution is 7.09. The van der Waals surface area contributed by atoms with Crippen molar-refractivity contribution in [3.63, 3.8) is 0 Å². The van der Waals surface area contributed by atoms with E-state index in [1.165, 1.54) is 11.3 Å². The van der Waals surface area contributed by atoms with Gasteiger partial charge in [-0.3, -0.25) is 20.0 Å². The zero-order chi connectivity index (χ0) is 32.1. The van der Waals surface area contributed by atoms with Crippen LogP contribution < -0.4 is 21.3 Å². The Morgan fingerprint density at radius 2 is 1.73 bits per heavy atom. The van der Waals surface area contributed by atoms with Crippen molar-refractivity contribution in [3.8, 4) is 0 Å². The molecule has 4 N–H and O–H groups in total. The quantitative estimate of drug-likeness (QED) is 0.174. The van der Waals surface area contributed by atoms with Crippen molar-refractivity contribution < 1.29 is 23.9 Å². The van der Waals surface area contributed by atoms with Crippen LogP contribution in [-0.4, -0.2) is 72.9 Å². The number of nitrogens with zero attached hydrogens (tertiary/aromatic N) is 2. The number of aromatic nitrogens is 1. The summed E-state index contributed by atoms with van der Waals surface area (Å²) in [4.78, 5) is 44.9. The Hall–Kier alpha value is -4.00. The molecular weight excluding hydrogens is 592 g/mol. The van der Waals surface area contributed by atoms with Gasteiger partial charge in [0, 0.05) is 36.6 Å². The average Bonchev–Trinajstić information content (AvgIpc) is 3.44. The summed E-state index contributed by atoms with van der Waals surface area (Å²) in [5.41, 5.74) is 2.44. The second-order valence-corrected chi connectivity index (χ2v) is 12.6. The van der Waals surface area contributed by atoms with Gasteiger partial charge in [-0.2, -0.15) is 0 Å². The Bertz CT molecular complexity index is 1370. The van der Waals surface area contributed by atoms with Gasteiger partial charge in [-0.15, -0.1) is 11.3 Å². The maximum absolute atomic E-state index is 13.0. The van der Waals surface area contributed by atoms with E-state index in [1.54, 1.807) is 43.8 Å². The van der Waals surface area contributed by atoms with Crippen LogP contribution in [0.4, 0.5) is 21.0 Å². The van der Waals surface area contributed by atoms with Crippen LogP contribution in [-0.2, 0) is 15.9 Å². The number of benzene rings is 1. The van der Waals surface area contributed by atoms with Crippen molar-refractivity contribution in [3.05, 3.63) is 76.2 Å². The molecule has 12 heteroatoms. The predicted octanol–water partition coefficient (Wildman–Crippen LogP) is 5.83. The average molecular weight is 637 g/mol. The molecule has 11 nitrogen and oxygen atoms in total. The predicted molar refractivity (Wildman–Crippen MR) is 177 cm³/mol. The highest BCUT2D eigenvalue weighted by Gasteiger charge is 2.20. The number of anilines is 2. The number of thiophene rings is 1. The second kappa shape index (κ2) is 16.9. The minimum atomic E-state index is -0.645. The number of rotatable bonds is 13. The van der Waals surface area contributed by atoms with E-state index in [1.807, 2.05) is 36.4 Å². The van der Waals surface area contributed by atoms with Gasteiger partial charge in [-0.1, -0.05) is 36.4 Å². The van der Waals surface area contributed by atoms with E-state index in [4.69, 9.17) is 9.47 Å². The first-order valence-electron chi connectivity index (χ1n) is 15.4. The van der Waals surface area contributed by atoms with E-state index in [0.717, 1.165) is 69.7 Å². The second-order valence-electron chi connectivity index (χ2n) is 11.9. The molecule has 0 aliphatic carbocycles. The van der Waals surface area contributed by atoms with Gasteiger partial charge in [0.15, 0.2) is 0 Å². The third-order valence-corrected chi connectivity index (χ3v) is 7.88. The van der Waals surface area contributed by atoms with Crippen molar-refractivity contribution in [2.75, 3.05) is 50.0 Å². The summed E-state index contributed by atoms with van der Waals surface area (Å²) >= 11 is 1.34. The smallest absolute Gasteiger partial charge is 0.412 e. The SMILES string of the molecule is CC(C)(C)OC(=O)Nc1cscc1NC(=O)c1ccc(C(CCCCN2CCOCC2)NC(=O)NCCc2ccccc2)cn1. The zero-order valence-corrected chi connectivity index (χ0v) is 27.1. The first-order valence-corrected chi connectivity index (χ1v) is 16.3. The Morgan fingerprint density at radius 1 is 1.00 bits per heavy atom. The third-order valence-electron chi connectivity index (χ3n) is 7.14. The Labute approximate surface area is 269 Å². The lowest BCUT2D eigenvalue weighted by atomic mass is 10.0. The molecule has 1 aliphatic heterocycles. The standard InChI is InChI=1S/C33H44N6O5S/c1-33(2,3)44-32(42)38-29-23-45-22-28(29)36-30(40)27-13-12-25(21-35-27)26(11-7-8-16-39-17-19-43-20-18-39)37-31(41)34-15-14-24-9-5-4-6-10-24/h4-6,9-10,12-13,21-23,26H,7-8,11,14-20H2,1-3H3,(H,36,40)(H,38,42)(H2,34,37,41). The number of amides is 4. The molecule has 242 valence electrons. The van der Waals surface area contributed by atoms with E-state index >= 15 is 0 Å². The number of nitrogens with one attached hydrogen (secondary N) is 4. The van der Waals surface area contributed by atoms with Gasteiger partial charge in [-0.25, -0.2) is 9.59 Å². The molecule has 1 unspecified atom stereocenters. The fraction of sp³-hybridized carbons (Fsp3) is 0.455. The Balaban J connectivity index is 1.35. The maximum Gasteiger partial charge on any atom is 0.412 e. The number of carbonyl (C=O) groups is 3. The van der Waals surface area contributed by atoms with Gasteiger partial charge >= 0.3 is 12.1 Å². The van der Waals surface area contributed by atoms with Crippen LogP contribution in [0.5, 0.6) is 0 Å². The highest BCUT2D eigenvalue weighted by atomic mass is 32.1. The number of carbonyl (C=O) groups excluding carboxylic acids is 3. The normalized spacial score (nSPS) is 14.3. The van der Waals surface area contributed by atoms with E-state index in [-0.39, 0.29) is 17.8 Å². The molecule has 0 radical (unpaired) electrons. The van der Waals surface area contributed by atoms with Crippen LogP contribution in [0.15, 0.2) is 59.4 Å².